The molecule has 1 aliphatic heterocycles. The summed E-state index contributed by atoms with van der Waals surface area (Å²) in [4.78, 5) is 26.4. The number of nitro groups is 1. The number of hydrogen-bond acceptors (Lipinski definition) is 5. The first-order valence-electron chi connectivity index (χ1n) is 7.51. The van der Waals surface area contributed by atoms with Gasteiger partial charge in [0, 0.05) is 44.4 Å². The van der Waals surface area contributed by atoms with Crippen LogP contribution in [0.25, 0.3) is 0 Å². The van der Waals surface area contributed by atoms with Gasteiger partial charge in [0.2, 0.25) is 5.82 Å². The van der Waals surface area contributed by atoms with E-state index in [4.69, 9.17) is 0 Å². The van der Waals surface area contributed by atoms with Gasteiger partial charge in [-0.3, -0.25) is 19.8 Å². The van der Waals surface area contributed by atoms with Gasteiger partial charge < -0.3 is 4.90 Å². The summed E-state index contributed by atoms with van der Waals surface area (Å²) in [6.07, 6.45) is 0. The van der Waals surface area contributed by atoms with Crippen molar-refractivity contribution in [1.29, 1.82) is 0 Å². The fourth-order valence-corrected chi connectivity index (χ4v) is 3.38. The van der Waals surface area contributed by atoms with Crippen LogP contribution >= 0.6 is 11.3 Å². The predicted molar refractivity (Wildman–Crippen MR) is 88.6 cm³/mol. The van der Waals surface area contributed by atoms with Crippen LogP contribution in [0.1, 0.15) is 15.9 Å². The summed E-state index contributed by atoms with van der Waals surface area (Å²) < 4.78 is 13.4. The first kappa shape index (κ1) is 16.5. The van der Waals surface area contributed by atoms with Gasteiger partial charge in [0.15, 0.2) is 0 Å². The summed E-state index contributed by atoms with van der Waals surface area (Å²) in [6.45, 7) is 3.44. The van der Waals surface area contributed by atoms with Crippen molar-refractivity contribution in [3.63, 3.8) is 0 Å². The molecule has 1 aromatic carbocycles. The lowest BCUT2D eigenvalue weighted by molar-refractivity contribution is -0.387. The first-order valence-corrected chi connectivity index (χ1v) is 8.45. The lowest BCUT2D eigenvalue weighted by Gasteiger charge is -2.34. The van der Waals surface area contributed by atoms with Gasteiger partial charge in [-0.15, -0.1) is 0 Å². The standard InChI is InChI=1S/C16H16FN3O3S/c17-14-2-1-13(9-15(14)20(22)23)16(21)19-6-4-18(5-7-19)10-12-3-8-24-11-12/h1-3,8-9,11H,4-7,10H2. The smallest absolute Gasteiger partial charge is 0.305 e. The zero-order valence-electron chi connectivity index (χ0n) is 12.9. The molecule has 0 radical (unpaired) electrons. The second kappa shape index (κ2) is 7.06. The van der Waals surface area contributed by atoms with E-state index < -0.39 is 16.4 Å². The van der Waals surface area contributed by atoms with Crippen LogP contribution in [0.5, 0.6) is 0 Å². The van der Waals surface area contributed by atoms with Crippen molar-refractivity contribution in [2.45, 2.75) is 6.54 Å². The number of carbonyl (C=O) groups is 1. The predicted octanol–water partition coefficient (Wildman–Crippen LogP) is 2.75. The number of halogens is 1. The van der Waals surface area contributed by atoms with Crippen molar-refractivity contribution >= 4 is 22.9 Å². The molecule has 0 N–H and O–H groups in total. The van der Waals surface area contributed by atoms with Crippen molar-refractivity contribution in [2.24, 2.45) is 0 Å². The lowest BCUT2D eigenvalue weighted by Crippen LogP contribution is -2.48. The monoisotopic (exact) mass is 349 g/mol. The number of nitro benzene ring substituents is 1. The van der Waals surface area contributed by atoms with Gasteiger partial charge in [-0.2, -0.15) is 15.7 Å². The molecule has 1 aliphatic rings. The number of nitrogens with zero attached hydrogens (tertiary/aromatic N) is 3. The Morgan fingerprint density at radius 3 is 2.62 bits per heavy atom. The molecule has 0 spiro atoms. The highest BCUT2D eigenvalue weighted by Crippen LogP contribution is 2.20. The minimum Gasteiger partial charge on any atom is -0.336 e. The van der Waals surface area contributed by atoms with Crippen molar-refractivity contribution in [3.8, 4) is 0 Å². The van der Waals surface area contributed by atoms with Crippen LogP contribution in [-0.2, 0) is 6.54 Å². The molecular formula is C16H16FN3O3S. The fourth-order valence-electron chi connectivity index (χ4n) is 2.72. The molecule has 0 saturated carbocycles. The molecule has 0 atom stereocenters. The lowest BCUT2D eigenvalue weighted by atomic mass is 10.1. The van der Waals surface area contributed by atoms with Gasteiger partial charge >= 0.3 is 5.69 Å². The summed E-state index contributed by atoms with van der Waals surface area (Å²) >= 11 is 1.66. The topological polar surface area (TPSA) is 66.7 Å². The fraction of sp³-hybridized carbons (Fsp3) is 0.312. The van der Waals surface area contributed by atoms with E-state index in [1.807, 2.05) is 5.38 Å². The van der Waals surface area contributed by atoms with E-state index >= 15 is 0 Å². The summed E-state index contributed by atoms with van der Waals surface area (Å²) in [5.74, 6) is -1.23. The molecule has 1 saturated heterocycles. The summed E-state index contributed by atoms with van der Waals surface area (Å²) in [5, 5.41) is 14.9. The Kier molecular flexibility index (Phi) is 4.86. The number of benzene rings is 1. The Morgan fingerprint density at radius 1 is 1.25 bits per heavy atom. The number of rotatable bonds is 4. The molecule has 1 fully saturated rings. The molecule has 0 bridgehead atoms. The summed E-state index contributed by atoms with van der Waals surface area (Å²) in [6, 6.07) is 5.36. The van der Waals surface area contributed by atoms with Crippen molar-refractivity contribution in [3.05, 3.63) is 62.1 Å². The maximum Gasteiger partial charge on any atom is 0.305 e. The van der Waals surface area contributed by atoms with E-state index in [9.17, 15) is 19.3 Å². The molecule has 8 heteroatoms. The molecule has 6 nitrogen and oxygen atoms in total. The highest BCUT2D eigenvalue weighted by molar-refractivity contribution is 7.07. The van der Waals surface area contributed by atoms with Gasteiger partial charge in [-0.05, 0) is 34.5 Å². The van der Waals surface area contributed by atoms with Crippen LogP contribution in [0.4, 0.5) is 10.1 Å². The van der Waals surface area contributed by atoms with Gasteiger partial charge in [0.05, 0.1) is 4.92 Å². The maximum atomic E-state index is 13.4. The van der Waals surface area contributed by atoms with Gasteiger partial charge in [-0.1, -0.05) is 0 Å². The van der Waals surface area contributed by atoms with Crippen LogP contribution in [0.3, 0.4) is 0 Å². The summed E-state index contributed by atoms with van der Waals surface area (Å²) in [5.41, 5.74) is 0.736. The molecule has 2 aromatic rings. The number of carbonyl (C=O) groups excluding carboxylic acids is 1. The van der Waals surface area contributed by atoms with Crippen molar-refractivity contribution in [1.82, 2.24) is 9.80 Å². The third kappa shape index (κ3) is 3.60. The molecule has 1 aromatic heterocycles. The minimum atomic E-state index is -0.933. The Morgan fingerprint density at radius 2 is 2.00 bits per heavy atom. The zero-order valence-corrected chi connectivity index (χ0v) is 13.7. The van der Waals surface area contributed by atoms with E-state index in [1.54, 1.807) is 16.2 Å². The zero-order chi connectivity index (χ0) is 17.1. The molecule has 0 aliphatic carbocycles. The molecule has 126 valence electrons. The van der Waals surface area contributed by atoms with Crippen LogP contribution in [0.15, 0.2) is 35.0 Å². The van der Waals surface area contributed by atoms with E-state index in [0.717, 1.165) is 31.8 Å². The quantitative estimate of drug-likeness (QED) is 0.629. The molecular weight excluding hydrogens is 333 g/mol. The van der Waals surface area contributed by atoms with E-state index in [2.05, 4.69) is 16.3 Å². The Balaban J connectivity index is 1.63. The average Bonchev–Trinajstić information content (AvgIpc) is 3.08. The van der Waals surface area contributed by atoms with Crippen molar-refractivity contribution < 1.29 is 14.1 Å². The van der Waals surface area contributed by atoms with Gasteiger partial charge in [0.25, 0.3) is 5.91 Å². The molecule has 2 heterocycles. The number of thiophene rings is 1. The molecule has 0 unspecified atom stereocenters. The van der Waals surface area contributed by atoms with Crippen molar-refractivity contribution in [2.75, 3.05) is 26.2 Å². The number of hydrogen-bond donors (Lipinski definition) is 0. The van der Waals surface area contributed by atoms with Gasteiger partial charge in [0.1, 0.15) is 0 Å². The highest BCUT2D eigenvalue weighted by atomic mass is 32.1. The highest BCUT2D eigenvalue weighted by Gasteiger charge is 2.24. The average molecular weight is 349 g/mol. The molecule has 3 rings (SSSR count). The third-order valence-electron chi connectivity index (χ3n) is 4.04. The van der Waals surface area contributed by atoms with Crippen LogP contribution < -0.4 is 0 Å². The van der Waals surface area contributed by atoms with Crippen LogP contribution in [0.2, 0.25) is 0 Å². The van der Waals surface area contributed by atoms with Crippen LogP contribution in [-0.4, -0.2) is 46.8 Å². The maximum absolute atomic E-state index is 13.4. The van der Waals surface area contributed by atoms with Crippen LogP contribution in [0, 0.1) is 15.9 Å². The van der Waals surface area contributed by atoms with Gasteiger partial charge in [-0.25, -0.2) is 0 Å². The SMILES string of the molecule is O=C(c1ccc(F)c([N+](=O)[O-])c1)N1CCN(Cc2ccsc2)CC1. The second-order valence-electron chi connectivity index (χ2n) is 5.62. The first-order chi connectivity index (χ1) is 11.5. The summed E-state index contributed by atoms with van der Waals surface area (Å²) in [7, 11) is 0. The van der Waals surface area contributed by atoms with E-state index in [0.29, 0.717) is 13.1 Å². The largest absolute Gasteiger partial charge is 0.336 e. The third-order valence-corrected chi connectivity index (χ3v) is 4.77. The molecule has 1 amide bonds. The van der Waals surface area contributed by atoms with E-state index in [-0.39, 0.29) is 11.5 Å². The minimum absolute atomic E-state index is 0.148. The number of piperazine rings is 1. The van der Waals surface area contributed by atoms with E-state index in [1.165, 1.54) is 11.6 Å². The molecule has 24 heavy (non-hydrogen) atoms. The normalized spacial score (nSPS) is 15.5. The Bertz CT molecular complexity index is 743. The Hall–Kier alpha value is -2.32. The Labute approximate surface area is 142 Å². The second-order valence-corrected chi connectivity index (χ2v) is 6.40. The number of amides is 1.